The van der Waals surface area contributed by atoms with Gasteiger partial charge in [-0.2, -0.15) is 0 Å². The second kappa shape index (κ2) is 13.4. The first-order valence-electron chi connectivity index (χ1n) is 10.1. The molecule has 0 N–H and O–H groups in total. The van der Waals surface area contributed by atoms with Crippen LogP contribution in [-0.2, 0) is 19.5 Å². The fraction of sp³-hybridized carbons (Fsp3) is 0.185. The molecule has 3 aromatic rings. The summed E-state index contributed by atoms with van der Waals surface area (Å²) in [5.41, 5.74) is 1.37. The van der Waals surface area contributed by atoms with Gasteiger partial charge in [0, 0.05) is 19.5 Å². The Balaban J connectivity index is 0.000000283. The van der Waals surface area contributed by atoms with E-state index < -0.39 is 7.92 Å². The van der Waals surface area contributed by atoms with E-state index in [9.17, 15) is 0 Å². The molecular weight excluding hydrogens is 456 g/mol. The average molecular weight is 486 g/mol. The van der Waals surface area contributed by atoms with E-state index in [0.717, 1.165) is 0 Å². The molecule has 150 valence electrons. The van der Waals surface area contributed by atoms with Crippen LogP contribution < -0.4 is 15.9 Å². The van der Waals surface area contributed by atoms with Crippen molar-refractivity contribution in [3.05, 3.63) is 115 Å². The molecule has 0 amide bonds. The van der Waals surface area contributed by atoms with Crippen LogP contribution in [0, 0.1) is 6.92 Å². The first-order valence-corrected chi connectivity index (χ1v) is 11.5. The van der Waals surface area contributed by atoms with Crippen LogP contribution >= 0.6 is 7.92 Å². The molecule has 0 saturated heterocycles. The van der Waals surface area contributed by atoms with Gasteiger partial charge in [-0.25, -0.2) is 0 Å². The molecule has 0 atom stereocenters. The molecule has 1 aliphatic rings. The first kappa shape index (κ1) is 23.5. The van der Waals surface area contributed by atoms with Crippen LogP contribution in [0.2, 0.25) is 0 Å². The Kier molecular flexibility index (Phi) is 10.9. The Bertz CT molecular complexity index is 819. The Morgan fingerprint density at radius 1 is 0.517 bits per heavy atom. The van der Waals surface area contributed by atoms with Crippen LogP contribution in [0.5, 0.6) is 0 Å². The van der Waals surface area contributed by atoms with E-state index >= 15 is 0 Å². The molecule has 0 nitrogen and oxygen atoms in total. The number of hydrogen-bond acceptors (Lipinski definition) is 0. The molecule has 29 heavy (non-hydrogen) atoms. The van der Waals surface area contributed by atoms with Crippen molar-refractivity contribution < 1.29 is 19.5 Å². The fourth-order valence-electron chi connectivity index (χ4n) is 3.25. The van der Waals surface area contributed by atoms with Gasteiger partial charge in [-0.05, 0) is 62.0 Å². The second-order valence-electron chi connectivity index (χ2n) is 6.89. The van der Waals surface area contributed by atoms with E-state index in [2.05, 4.69) is 116 Å². The largest absolute Gasteiger partial charge is 0.0882 e. The maximum absolute atomic E-state index is 2.27. The van der Waals surface area contributed by atoms with Crippen molar-refractivity contribution in [1.29, 1.82) is 0 Å². The number of allylic oxidation sites excluding steroid dienone is 4. The topological polar surface area (TPSA) is 0 Å². The maximum atomic E-state index is 2.27. The normalized spacial score (nSPS) is 15.1. The minimum absolute atomic E-state index is 0. The minimum atomic E-state index is -0.467. The van der Waals surface area contributed by atoms with Crippen LogP contribution in [0.1, 0.15) is 31.2 Å². The predicted octanol–water partition coefficient (Wildman–Crippen LogP) is 6.42. The molecule has 0 aromatic heterocycles. The van der Waals surface area contributed by atoms with E-state index in [4.69, 9.17) is 0 Å². The van der Waals surface area contributed by atoms with Crippen molar-refractivity contribution in [3.63, 3.8) is 0 Å². The van der Waals surface area contributed by atoms with Crippen molar-refractivity contribution in [3.8, 4) is 0 Å². The third-order valence-electron chi connectivity index (χ3n) is 4.72. The van der Waals surface area contributed by atoms with E-state index in [1.54, 1.807) is 0 Å². The molecule has 0 bridgehead atoms. The number of benzene rings is 3. The van der Waals surface area contributed by atoms with Crippen LogP contribution in [0.15, 0.2) is 109 Å². The third-order valence-corrected chi connectivity index (χ3v) is 7.33. The standard InChI is InChI=1S/C19H17P.C8H12.Ru/c1-16-10-8-9-15-19(16)20(17-11-4-2-5-12-17)18-13-6-3-7-14-18;1-2-4-6-8-7-5-3-1;/h2-15H,1H3;1-2,7-8H,3-6H2;/b;2-1-,8-7-;. The van der Waals surface area contributed by atoms with E-state index in [1.165, 1.54) is 47.2 Å². The monoisotopic (exact) mass is 486 g/mol. The van der Waals surface area contributed by atoms with Gasteiger partial charge >= 0.3 is 0 Å². The molecule has 0 heterocycles. The summed E-state index contributed by atoms with van der Waals surface area (Å²) in [4.78, 5) is 0. The fourth-order valence-corrected chi connectivity index (χ4v) is 5.71. The summed E-state index contributed by atoms with van der Waals surface area (Å²) in [5, 5.41) is 4.26. The second-order valence-corrected chi connectivity index (χ2v) is 9.08. The van der Waals surface area contributed by atoms with Gasteiger partial charge in [-0.1, -0.05) is 109 Å². The van der Waals surface area contributed by atoms with Crippen molar-refractivity contribution in [2.45, 2.75) is 32.6 Å². The van der Waals surface area contributed by atoms with Gasteiger partial charge in [0.1, 0.15) is 0 Å². The molecule has 3 aromatic carbocycles. The molecule has 0 radical (unpaired) electrons. The third kappa shape index (κ3) is 7.51. The molecule has 0 aliphatic heterocycles. The van der Waals surface area contributed by atoms with Crippen LogP contribution in [0.3, 0.4) is 0 Å². The zero-order valence-corrected chi connectivity index (χ0v) is 19.7. The van der Waals surface area contributed by atoms with E-state index in [-0.39, 0.29) is 19.5 Å². The Morgan fingerprint density at radius 2 is 0.897 bits per heavy atom. The van der Waals surface area contributed by atoms with Gasteiger partial charge in [-0.15, -0.1) is 0 Å². The molecule has 0 spiro atoms. The van der Waals surface area contributed by atoms with Crippen molar-refractivity contribution in [2.75, 3.05) is 0 Å². The Morgan fingerprint density at radius 3 is 1.31 bits per heavy atom. The van der Waals surface area contributed by atoms with Gasteiger partial charge in [-0.3, -0.25) is 0 Å². The maximum Gasteiger partial charge on any atom is 0 e. The zero-order valence-electron chi connectivity index (χ0n) is 17.0. The molecule has 0 unspecified atom stereocenters. The summed E-state index contributed by atoms with van der Waals surface area (Å²) in [6, 6.07) is 30.4. The molecule has 1 aliphatic carbocycles. The Hall–Kier alpha value is -1.81. The van der Waals surface area contributed by atoms with Crippen LogP contribution in [0.25, 0.3) is 0 Å². The summed E-state index contributed by atoms with van der Waals surface area (Å²) < 4.78 is 0. The Labute approximate surface area is 190 Å². The zero-order chi connectivity index (χ0) is 19.4. The molecule has 4 rings (SSSR count). The summed E-state index contributed by atoms with van der Waals surface area (Å²) in [7, 11) is -0.467. The van der Waals surface area contributed by atoms with E-state index in [0.29, 0.717) is 0 Å². The summed E-state index contributed by atoms with van der Waals surface area (Å²) in [6.07, 6.45) is 14.0. The summed E-state index contributed by atoms with van der Waals surface area (Å²) in [6.45, 7) is 2.20. The number of hydrogen-bond donors (Lipinski definition) is 0. The smallest absolute Gasteiger partial charge is 0 e. The SMILES string of the molecule is C1=C\CC/C=C\CC/1.Cc1ccccc1P(c1ccccc1)c1ccccc1.[Ru]. The van der Waals surface area contributed by atoms with Crippen LogP contribution in [-0.4, -0.2) is 0 Å². The van der Waals surface area contributed by atoms with Gasteiger partial charge in [0.15, 0.2) is 0 Å². The summed E-state index contributed by atoms with van der Waals surface area (Å²) in [5.74, 6) is 0. The minimum Gasteiger partial charge on any atom is -0.0882 e. The van der Waals surface area contributed by atoms with Crippen molar-refractivity contribution in [2.24, 2.45) is 0 Å². The van der Waals surface area contributed by atoms with Crippen molar-refractivity contribution in [1.82, 2.24) is 0 Å². The van der Waals surface area contributed by atoms with Gasteiger partial charge < -0.3 is 0 Å². The molecule has 0 fully saturated rings. The molecular formula is C27H29PRu. The van der Waals surface area contributed by atoms with Gasteiger partial charge in [0.25, 0.3) is 0 Å². The molecule has 2 heteroatoms. The molecule has 0 saturated carbocycles. The quantitative estimate of drug-likeness (QED) is 0.228. The average Bonchev–Trinajstić information content (AvgIpc) is 2.71. The van der Waals surface area contributed by atoms with E-state index in [1.807, 2.05) is 0 Å². The van der Waals surface area contributed by atoms with Crippen molar-refractivity contribution >= 4 is 23.8 Å². The van der Waals surface area contributed by atoms with Crippen LogP contribution in [0.4, 0.5) is 0 Å². The van der Waals surface area contributed by atoms with Gasteiger partial charge in [0.05, 0.1) is 0 Å². The summed E-state index contributed by atoms with van der Waals surface area (Å²) >= 11 is 0. The van der Waals surface area contributed by atoms with Gasteiger partial charge in [0.2, 0.25) is 0 Å². The number of rotatable bonds is 3. The number of aryl methyl sites for hydroxylation is 1. The first-order chi connectivity index (χ1) is 13.9. The predicted molar refractivity (Wildman–Crippen MR) is 127 cm³/mol.